The predicted octanol–water partition coefficient (Wildman–Crippen LogP) is 0.775. The lowest BCUT2D eigenvalue weighted by molar-refractivity contribution is -0.159. The summed E-state index contributed by atoms with van der Waals surface area (Å²) in [5.41, 5.74) is 5.79. The first-order valence-electron chi connectivity index (χ1n) is 6.55. The van der Waals surface area contributed by atoms with E-state index in [1.165, 1.54) is 17.7 Å². The minimum absolute atomic E-state index is 0.114. The molecular weight excluding hydrogens is 252 g/mol. The molecule has 3 rings (SSSR count). The summed E-state index contributed by atoms with van der Waals surface area (Å²) in [5, 5.41) is 9.39. The standard InChI is InChI=1S/C12H18N2O3S/c13-7-9(15)14-8(11(16)17)12(18-10(7)14)5-3-1-2-4-6-12/h7-8,10H,1-6,13H2,(H,16,17)/t7?,8?,10-/m1/s1. The average Bonchev–Trinajstić information content (AvgIpc) is 2.46. The zero-order valence-corrected chi connectivity index (χ0v) is 11.0. The lowest BCUT2D eigenvalue weighted by Crippen LogP contribution is -2.68. The molecule has 3 aliphatic rings. The number of hydrogen-bond donors (Lipinski definition) is 2. The summed E-state index contributed by atoms with van der Waals surface area (Å²) < 4.78 is -0.295. The Morgan fingerprint density at radius 1 is 1.33 bits per heavy atom. The second kappa shape index (κ2) is 4.13. The van der Waals surface area contributed by atoms with Crippen LogP contribution in [0.5, 0.6) is 0 Å². The summed E-state index contributed by atoms with van der Waals surface area (Å²) in [7, 11) is 0. The molecule has 0 bridgehead atoms. The van der Waals surface area contributed by atoms with Crippen molar-refractivity contribution in [1.29, 1.82) is 0 Å². The van der Waals surface area contributed by atoms with Crippen LogP contribution in [-0.2, 0) is 9.59 Å². The Morgan fingerprint density at radius 3 is 2.50 bits per heavy atom. The summed E-state index contributed by atoms with van der Waals surface area (Å²) in [6, 6.07) is -1.17. The molecule has 2 aliphatic heterocycles. The molecule has 5 nitrogen and oxygen atoms in total. The van der Waals surface area contributed by atoms with Crippen molar-refractivity contribution in [1.82, 2.24) is 4.90 Å². The molecule has 0 radical (unpaired) electrons. The minimum atomic E-state index is -0.868. The summed E-state index contributed by atoms with van der Waals surface area (Å²) in [4.78, 5) is 24.9. The van der Waals surface area contributed by atoms with Gasteiger partial charge in [-0.2, -0.15) is 0 Å². The molecule has 3 fully saturated rings. The quantitative estimate of drug-likeness (QED) is 0.688. The second-order valence-electron chi connectivity index (χ2n) is 5.50. The molecular formula is C12H18N2O3S. The van der Waals surface area contributed by atoms with Crippen molar-refractivity contribution in [2.75, 3.05) is 0 Å². The summed E-state index contributed by atoms with van der Waals surface area (Å²) in [5.74, 6) is -1.06. The number of carbonyl (C=O) groups is 2. The maximum absolute atomic E-state index is 11.8. The Morgan fingerprint density at radius 2 is 1.94 bits per heavy atom. The fourth-order valence-electron chi connectivity index (χ4n) is 3.54. The molecule has 1 spiro atoms. The van der Waals surface area contributed by atoms with Crippen LogP contribution in [-0.4, -0.2) is 44.1 Å². The molecule has 2 saturated heterocycles. The Bertz CT molecular complexity index is 393. The first-order valence-corrected chi connectivity index (χ1v) is 7.43. The summed E-state index contributed by atoms with van der Waals surface area (Å²) in [6.07, 6.45) is 6.23. The molecule has 18 heavy (non-hydrogen) atoms. The minimum Gasteiger partial charge on any atom is -0.480 e. The largest absolute Gasteiger partial charge is 0.480 e. The number of carbonyl (C=O) groups excluding carboxylic acids is 1. The molecule has 3 N–H and O–H groups in total. The van der Waals surface area contributed by atoms with Crippen LogP contribution in [0.15, 0.2) is 0 Å². The number of carboxylic acids is 1. The maximum atomic E-state index is 11.8. The van der Waals surface area contributed by atoms with Crippen LogP contribution >= 0.6 is 11.8 Å². The summed E-state index contributed by atoms with van der Waals surface area (Å²) >= 11 is 1.64. The van der Waals surface area contributed by atoms with E-state index in [9.17, 15) is 14.7 Å². The number of β-lactam (4-membered cyclic amide) rings is 1. The molecule has 3 atom stereocenters. The third-order valence-electron chi connectivity index (χ3n) is 4.44. The van der Waals surface area contributed by atoms with Crippen LogP contribution in [0.1, 0.15) is 38.5 Å². The van der Waals surface area contributed by atoms with Gasteiger partial charge < -0.3 is 15.7 Å². The van der Waals surface area contributed by atoms with Gasteiger partial charge in [-0.05, 0) is 12.8 Å². The van der Waals surface area contributed by atoms with Crippen molar-refractivity contribution in [3.8, 4) is 0 Å². The number of carboxylic acid groups (broad SMARTS) is 1. The lowest BCUT2D eigenvalue weighted by atomic mass is 9.87. The highest BCUT2D eigenvalue weighted by molar-refractivity contribution is 8.01. The SMILES string of the molecule is NC1C(=O)N2C(C(=O)O)C3(CCCCCC3)S[C@H]12. The number of rotatable bonds is 1. The molecule has 2 unspecified atom stereocenters. The maximum Gasteiger partial charge on any atom is 0.327 e. The number of hydrogen-bond acceptors (Lipinski definition) is 4. The Labute approximate surface area is 110 Å². The van der Waals surface area contributed by atoms with E-state index in [2.05, 4.69) is 0 Å². The van der Waals surface area contributed by atoms with Gasteiger partial charge in [0.15, 0.2) is 0 Å². The van der Waals surface area contributed by atoms with Crippen LogP contribution in [0.25, 0.3) is 0 Å². The van der Waals surface area contributed by atoms with E-state index in [0.717, 1.165) is 25.7 Å². The van der Waals surface area contributed by atoms with E-state index < -0.39 is 18.1 Å². The van der Waals surface area contributed by atoms with E-state index >= 15 is 0 Å². The number of aliphatic carboxylic acids is 1. The van der Waals surface area contributed by atoms with E-state index in [4.69, 9.17) is 5.73 Å². The number of amides is 1. The monoisotopic (exact) mass is 270 g/mol. The number of nitrogens with two attached hydrogens (primary N) is 1. The van der Waals surface area contributed by atoms with E-state index in [1.807, 2.05) is 0 Å². The molecule has 1 amide bonds. The van der Waals surface area contributed by atoms with Crippen molar-refractivity contribution in [2.45, 2.75) is 60.7 Å². The van der Waals surface area contributed by atoms with Crippen LogP contribution in [0.4, 0.5) is 0 Å². The first kappa shape index (κ1) is 12.3. The van der Waals surface area contributed by atoms with Crippen molar-refractivity contribution >= 4 is 23.6 Å². The number of fused-ring (bicyclic) bond motifs is 1. The van der Waals surface area contributed by atoms with Crippen LogP contribution < -0.4 is 5.73 Å². The highest BCUT2D eigenvalue weighted by Gasteiger charge is 2.65. The van der Waals surface area contributed by atoms with Gasteiger partial charge in [-0.1, -0.05) is 25.7 Å². The molecule has 2 heterocycles. The van der Waals surface area contributed by atoms with Gasteiger partial charge in [0.2, 0.25) is 5.91 Å². The number of thioether (sulfide) groups is 1. The van der Waals surface area contributed by atoms with Crippen molar-refractivity contribution < 1.29 is 14.7 Å². The van der Waals surface area contributed by atoms with Gasteiger partial charge in [0.1, 0.15) is 17.5 Å². The lowest BCUT2D eigenvalue weighted by Gasteiger charge is -2.41. The van der Waals surface area contributed by atoms with Gasteiger partial charge in [-0.15, -0.1) is 11.8 Å². The highest BCUT2D eigenvalue weighted by Crippen LogP contribution is 2.55. The Hall–Kier alpha value is -0.750. The van der Waals surface area contributed by atoms with Gasteiger partial charge in [-0.25, -0.2) is 4.79 Å². The normalized spacial score (nSPS) is 38.2. The fourth-order valence-corrected chi connectivity index (χ4v) is 5.49. The molecule has 100 valence electrons. The van der Waals surface area contributed by atoms with Gasteiger partial charge in [0.25, 0.3) is 0 Å². The first-order chi connectivity index (χ1) is 8.57. The zero-order chi connectivity index (χ0) is 12.9. The molecule has 0 aromatic heterocycles. The molecule has 1 saturated carbocycles. The highest BCUT2D eigenvalue weighted by atomic mass is 32.2. The van der Waals surface area contributed by atoms with Gasteiger partial charge in [0, 0.05) is 4.75 Å². The smallest absolute Gasteiger partial charge is 0.327 e. The van der Waals surface area contributed by atoms with Crippen molar-refractivity contribution in [3.63, 3.8) is 0 Å². The van der Waals surface area contributed by atoms with Gasteiger partial charge in [-0.3, -0.25) is 4.79 Å². The average molecular weight is 270 g/mol. The van der Waals surface area contributed by atoms with Crippen molar-refractivity contribution in [3.05, 3.63) is 0 Å². The van der Waals surface area contributed by atoms with Crippen LogP contribution in [0.2, 0.25) is 0 Å². The topological polar surface area (TPSA) is 83.6 Å². The second-order valence-corrected chi connectivity index (χ2v) is 7.03. The van der Waals surface area contributed by atoms with E-state index in [-0.39, 0.29) is 16.0 Å². The van der Waals surface area contributed by atoms with Gasteiger partial charge in [0.05, 0.1) is 0 Å². The Balaban J connectivity index is 1.93. The van der Waals surface area contributed by atoms with E-state index in [0.29, 0.717) is 0 Å². The summed E-state index contributed by atoms with van der Waals surface area (Å²) in [6.45, 7) is 0. The van der Waals surface area contributed by atoms with Gasteiger partial charge >= 0.3 is 5.97 Å². The fraction of sp³-hybridized carbons (Fsp3) is 0.833. The van der Waals surface area contributed by atoms with E-state index in [1.54, 1.807) is 11.8 Å². The predicted molar refractivity (Wildman–Crippen MR) is 68.1 cm³/mol. The number of nitrogens with zero attached hydrogens (tertiary/aromatic N) is 1. The third kappa shape index (κ3) is 1.51. The van der Waals surface area contributed by atoms with Crippen LogP contribution in [0.3, 0.4) is 0 Å². The molecule has 0 aromatic rings. The zero-order valence-electron chi connectivity index (χ0n) is 10.2. The molecule has 0 aromatic carbocycles. The third-order valence-corrected chi connectivity index (χ3v) is 6.30. The van der Waals surface area contributed by atoms with Crippen molar-refractivity contribution in [2.24, 2.45) is 5.73 Å². The molecule has 6 heteroatoms. The molecule has 1 aliphatic carbocycles. The Kier molecular flexibility index (Phi) is 2.82. The van der Waals surface area contributed by atoms with Crippen LogP contribution in [0, 0.1) is 0 Å².